The summed E-state index contributed by atoms with van der Waals surface area (Å²) >= 11 is 0. The molecule has 0 N–H and O–H groups in total. The van der Waals surface area contributed by atoms with Crippen LogP contribution in [0, 0.1) is 11.8 Å². The number of hydrogen-bond acceptors (Lipinski definition) is 2. The minimum absolute atomic E-state index is 0.336. The summed E-state index contributed by atoms with van der Waals surface area (Å²) in [5.41, 5.74) is 0.908. The largest absolute Gasteiger partial charge is 0.381 e. The van der Waals surface area contributed by atoms with E-state index in [1.54, 1.807) is 0 Å². The van der Waals surface area contributed by atoms with E-state index in [1.165, 1.54) is 0 Å². The molecule has 1 saturated heterocycles. The van der Waals surface area contributed by atoms with E-state index >= 15 is 0 Å². The first kappa shape index (κ1) is 9.46. The SMILES string of the molecule is CC(C)/C(C=O)=C\C1CCOC1. The summed E-state index contributed by atoms with van der Waals surface area (Å²) in [6.07, 6.45) is 4.08. The molecule has 1 fully saturated rings. The Morgan fingerprint density at radius 1 is 1.58 bits per heavy atom. The molecule has 68 valence electrons. The fourth-order valence-corrected chi connectivity index (χ4v) is 1.32. The highest BCUT2D eigenvalue weighted by Crippen LogP contribution is 2.18. The molecule has 1 heterocycles. The van der Waals surface area contributed by atoms with Crippen LogP contribution >= 0.6 is 0 Å². The van der Waals surface area contributed by atoms with Crippen molar-refractivity contribution < 1.29 is 9.53 Å². The summed E-state index contributed by atoms with van der Waals surface area (Å²) in [7, 11) is 0. The van der Waals surface area contributed by atoms with Gasteiger partial charge in [0.05, 0.1) is 6.61 Å². The molecule has 2 heteroatoms. The molecule has 1 rings (SSSR count). The van der Waals surface area contributed by atoms with Crippen molar-refractivity contribution in [3.8, 4) is 0 Å². The van der Waals surface area contributed by atoms with E-state index < -0.39 is 0 Å². The molecule has 0 aromatic heterocycles. The first-order valence-corrected chi connectivity index (χ1v) is 4.48. The van der Waals surface area contributed by atoms with E-state index in [4.69, 9.17) is 4.74 Å². The standard InChI is InChI=1S/C10H16O2/c1-8(2)10(6-11)5-9-3-4-12-7-9/h5-6,8-9H,3-4,7H2,1-2H3/b10-5-. The second kappa shape index (κ2) is 4.41. The van der Waals surface area contributed by atoms with Gasteiger partial charge in [-0.2, -0.15) is 0 Å². The Labute approximate surface area is 73.6 Å². The Morgan fingerprint density at radius 2 is 2.33 bits per heavy atom. The van der Waals surface area contributed by atoms with Crippen LogP contribution in [-0.4, -0.2) is 19.5 Å². The van der Waals surface area contributed by atoms with Gasteiger partial charge in [-0.05, 0) is 17.9 Å². The van der Waals surface area contributed by atoms with Gasteiger partial charge in [-0.15, -0.1) is 0 Å². The molecule has 0 bridgehead atoms. The van der Waals surface area contributed by atoms with Gasteiger partial charge in [-0.25, -0.2) is 0 Å². The Kier molecular flexibility index (Phi) is 3.48. The minimum Gasteiger partial charge on any atom is -0.381 e. The normalized spacial score (nSPS) is 24.9. The molecule has 1 atom stereocenters. The van der Waals surface area contributed by atoms with E-state index in [9.17, 15) is 4.79 Å². The monoisotopic (exact) mass is 168 g/mol. The Balaban J connectivity index is 2.56. The van der Waals surface area contributed by atoms with Crippen molar-refractivity contribution in [1.29, 1.82) is 0 Å². The quantitative estimate of drug-likeness (QED) is 0.474. The number of carbonyl (C=O) groups is 1. The third-order valence-electron chi connectivity index (χ3n) is 2.20. The second-order valence-electron chi connectivity index (χ2n) is 3.56. The molecule has 0 aromatic rings. The van der Waals surface area contributed by atoms with Gasteiger partial charge < -0.3 is 4.74 Å². The predicted octanol–water partition coefficient (Wildman–Crippen LogP) is 1.80. The van der Waals surface area contributed by atoms with Crippen LogP contribution in [0.2, 0.25) is 0 Å². The number of hydrogen-bond donors (Lipinski definition) is 0. The molecule has 0 amide bonds. The molecule has 0 aliphatic carbocycles. The third-order valence-corrected chi connectivity index (χ3v) is 2.20. The smallest absolute Gasteiger partial charge is 0.145 e. The van der Waals surface area contributed by atoms with Crippen LogP contribution in [0.15, 0.2) is 11.6 Å². The lowest BCUT2D eigenvalue weighted by atomic mass is 9.98. The Bertz CT molecular complexity index is 176. The zero-order chi connectivity index (χ0) is 8.97. The first-order valence-electron chi connectivity index (χ1n) is 4.48. The Morgan fingerprint density at radius 3 is 2.75 bits per heavy atom. The van der Waals surface area contributed by atoms with Crippen LogP contribution in [0.1, 0.15) is 20.3 Å². The molecule has 1 unspecified atom stereocenters. The van der Waals surface area contributed by atoms with E-state index in [2.05, 4.69) is 6.08 Å². The molecule has 0 radical (unpaired) electrons. The van der Waals surface area contributed by atoms with Crippen LogP contribution in [-0.2, 0) is 9.53 Å². The van der Waals surface area contributed by atoms with Crippen molar-refractivity contribution in [2.75, 3.05) is 13.2 Å². The molecule has 1 aliphatic rings. The topological polar surface area (TPSA) is 26.3 Å². The summed E-state index contributed by atoms with van der Waals surface area (Å²) in [5, 5.41) is 0. The number of aldehydes is 1. The highest BCUT2D eigenvalue weighted by atomic mass is 16.5. The molecule has 0 saturated carbocycles. The molecular weight excluding hydrogens is 152 g/mol. The summed E-state index contributed by atoms with van der Waals surface area (Å²) in [5.74, 6) is 0.802. The van der Waals surface area contributed by atoms with Crippen LogP contribution in [0.3, 0.4) is 0 Å². The lowest BCUT2D eigenvalue weighted by Gasteiger charge is -2.06. The first-order chi connectivity index (χ1) is 5.74. The number of allylic oxidation sites excluding steroid dienone is 1. The van der Waals surface area contributed by atoms with E-state index in [-0.39, 0.29) is 0 Å². The van der Waals surface area contributed by atoms with Gasteiger partial charge in [0.15, 0.2) is 0 Å². The minimum atomic E-state index is 0.336. The van der Waals surface area contributed by atoms with Gasteiger partial charge in [0, 0.05) is 12.5 Å². The van der Waals surface area contributed by atoms with Crippen molar-refractivity contribution in [2.45, 2.75) is 20.3 Å². The van der Waals surface area contributed by atoms with Crippen LogP contribution in [0.4, 0.5) is 0 Å². The van der Waals surface area contributed by atoms with E-state index in [0.717, 1.165) is 31.5 Å². The summed E-state index contributed by atoms with van der Waals surface area (Å²) in [6, 6.07) is 0. The van der Waals surface area contributed by atoms with Gasteiger partial charge in [0.1, 0.15) is 6.29 Å². The van der Waals surface area contributed by atoms with Gasteiger partial charge in [-0.3, -0.25) is 4.79 Å². The van der Waals surface area contributed by atoms with Crippen LogP contribution < -0.4 is 0 Å². The molecular formula is C10H16O2. The maximum atomic E-state index is 10.6. The average Bonchev–Trinajstić information content (AvgIpc) is 2.51. The zero-order valence-electron chi connectivity index (χ0n) is 7.75. The van der Waals surface area contributed by atoms with E-state index in [1.807, 2.05) is 13.8 Å². The maximum Gasteiger partial charge on any atom is 0.145 e. The van der Waals surface area contributed by atoms with Crippen molar-refractivity contribution in [3.63, 3.8) is 0 Å². The van der Waals surface area contributed by atoms with Gasteiger partial charge in [0.2, 0.25) is 0 Å². The number of ether oxygens (including phenoxy) is 1. The summed E-state index contributed by atoms with van der Waals surface area (Å²) in [6.45, 7) is 5.70. The van der Waals surface area contributed by atoms with Crippen molar-refractivity contribution in [1.82, 2.24) is 0 Å². The molecule has 12 heavy (non-hydrogen) atoms. The number of rotatable bonds is 3. The number of carbonyl (C=O) groups excluding carboxylic acids is 1. The summed E-state index contributed by atoms with van der Waals surface area (Å²) < 4.78 is 5.22. The zero-order valence-corrected chi connectivity index (χ0v) is 7.75. The van der Waals surface area contributed by atoms with Gasteiger partial charge >= 0.3 is 0 Å². The fourth-order valence-electron chi connectivity index (χ4n) is 1.32. The second-order valence-corrected chi connectivity index (χ2v) is 3.56. The van der Waals surface area contributed by atoms with Crippen molar-refractivity contribution in [3.05, 3.63) is 11.6 Å². The van der Waals surface area contributed by atoms with Crippen molar-refractivity contribution >= 4 is 6.29 Å². The molecule has 0 spiro atoms. The lowest BCUT2D eigenvalue weighted by Crippen LogP contribution is -2.01. The highest BCUT2D eigenvalue weighted by molar-refractivity contribution is 5.73. The molecule has 0 aromatic carbocycles. The average molecular weight is 168 g/mol. The highest BCUT2D eigenvalue weighted by Gasteiger charge is 2.14. The molecule has 1 aliphatic heterocycles. The van der Waals surface area contributed by atoms with E-state index in [0.29, 0.717) is 11.8 Å². The molecule has 2 nitrogen and oxygen atoms in total. The maximum absolute atomic E-state index is 10.6. The Hall–Kier alpha value is -0.630. The fraction of sp³-hybridized carbons (Fsp3) is 0.700. The van der Waals surface area contributed by atoms with Crippen LogP contribution in [0.5, 0.6) is 0 Å². The third kappa shape index (κ3) is 2.45. The van der Waals surface area contributed by atoms with Crippen LogP contribution in [0.25, 0.3) is 0 Å². The van der Waals surface area contributed by atoms with Gasteiger partial charge in [0.25, 0.3) is 0 Å². The predicted molar refractivity (Wildman–Crippen MR) is 47.9 cm³/mol. The summed E-state index contributed by atoms with van der Waals surface area (Å²) in [4.78, 5) is 10.6. The lowest BCUT2D eigenvalue weighted by molar-refractivity contribution is -0.105. The van der Waals surface area contributed by atoms with Gasteiger partial charge in [-0.1, -0.05) is 19.9 Å². The van der Waals surface area contributed by atoms with Crippen molar-refractivity contribution in [2.24, 2.45) is 11.8 Å².